The molecule has 1 aromatic carbocycles. The van der Waals surface area contributed by atoms with Gasteiger partial charge in [-0.05, 0) is 42.1 Å². The highest BCUT2D eigenvalue weighted by Gasteiger charge is 2.24. The van der Waals surface area contributed by atoms with E-state index in [9.17, 15) is 4.79 Å². The minimum Gasteiger partial charge on any atom is -0.352 e. The second-order valence-corrected chi connectivity index (χ2v) is 8.13. The minimum absolute atomic E-state index is 0.117. The van der Waals surface area contributed by atoms with Gasteiger partial charge in [0.15, 0.2) is 0 Å². The number of fused-ring (bicyclic) bond motifs is 1. The largest absolute Gasteiger partial charge is 0.352 e. The standard InChI is InChI=1S/C20H21ClN4OS/c1-12-4-5-15(10-13(12)2)16-11-27-19-17(16)18(22-20(21)23-19)25-8-6-24(7-9-25)14(3)26/h4-5,10-11H,6-9H2,1-3H3. The van der Waals surface area contributed by atoms with Crippen LogP contribution in [0, 0.1) is 13.8 Å². The first kappa shape index (κ1) is 18.2. The molecule has 0 aliphatic carbocycles. The fourth-order valence-electron chi connectivity index (χ4n) is 3.48. The Bertz CT molecular complexity index is 1020. The van der Waals surface area contributed by atoms with Gasteiger partial charge in [0.25, 0.3) is 0 Å². The number of anilines is 1. The van der Waals surface area contributed by atoms with Crippen LogP contribution < -0.4 is 4.90 Å². The molecule has 2 aromatic heterocycles. The van der Waals surface area contributed by atoms with E-state index < -0.39 is 0 Å². The Morgan fingerprint density at radius 1 is 1.11 bits per heavy atom. The van der Waals surface area contributed by atoms with Gasteiger partial charge in [0.1, 0.15) is 10.6 Å². The topological polar surface area (TPSA) is 49.3 Å². The summed E-state index contributed by atoms with van der Waals surface area (Å²) in [5.41, 5.74) is 4.84. The van der Waals surface area contributed by atoms with Gasteiger partial charge in [-0.2, -0.15) is 4.98 Å². The smallest absolute Gasteiger partial charge is 0.225 e. The first-order valence-electron chi connectivity index (χ1n) is 8.97. The number of carbonyl (C=O) groups excluding carboxylic acids is 1. The van der Waals surface area contributed by atoms with E-state index in [2.05, 4.69) is 52.3 Å². The number of thiophene rings is 1. The van der Waals surface area contributed by atoms with E-state index in [1.807, 2.05) is 4.90 Å². The van der Waals surface area contributed by atoms with Crippen LogP contribution in [0.4, 0.5) is 5.82 Å². The van der Waals surface area contributed by atoms with Crippen molar-refractivity contribution in [2.45, 2.75) is 20.8 Å². The Morgan fingerprint density at radius 2 is 1.85 bits per heavy atom. The number of nitrogens with zero attached hydrogens (tertiary/aromatic N) is 4. The molecule has 0 radical (unpaired) electrons. The van der Waals surface area contributed by atoms with E-state index in [0.717, 1.165) is 34.7 Å². The molecule has 7 heteroatoms. The van der Waals surface area contributed by atoms with Gasteiger partial charge in [-0.25, -0.2) is 4.98 Å². The van der Waals surface area contributed by atoms with Crippen molar-refractivity contribution in [1.82, 2.24) is 14.9 Å². The van der Waals surface area contributed by atoms with Gasteiger partial charge in [-0.3, -0.25) is 4.79 Å². The number of hydrogen-bond donors (Lipinski definition) is 0. The molecule has 0 atom stereocenters. The van der Waals surface area contributed by atoms with Crippen LogP contribution in [0.3, 0.4) is 0 Å². The third kappa shape index (κ3) is 3.39. The SMILES string of the molecule is CC(=O)N1CCN(c2nc(Cl)nc3scc(-c4ccc(C)c(C)c4)c23)CC1. The molecular formula is C20H21ClN4OS. The molecule has 0 unspecified atom stereocenters. The van der Waals surface area contributed by atoms with Gasteiger partial charge in [0.05, 0.1) is 5.39 Å². The minimum atomic E-state index is 0.117. The number of aromatic nitrogens is 2. The first-order chi connectivity index (χ1) is 12.9. The van der Waals surface area contributed by atoms with E-state index in [0.29, 0.717) is 13.1 Å². The number of piperazine rings is 1. The summed E-state index contributed by atoms with van der Waals surface area (Å²) in [4.78, 5) is 25.6. The molecule has 4 rings (SSSR count). The quantitative estimate of drug-likeness (QED) is 0.602. The number of carbonyl (C=O) groups is 1. The monoisotopic (exact) mass is 400 g/mol. The molecule has 1 aliphatic rings. The third-order valence-electron chi connectivity index (χ3n) is 5.23. The van der Waals surface area contributed by atoms with Crippen molar-refractivity contribution in [3.63, 3.8) is 0 Å². The molecule has 5 nitrogen and oxygen atoms in total. The lowest BCUT2D eigenvalue weighted by Gasteiger charge is -2.35. The van der Waals surface area contributed by atoms with Gasteiger partial charge >= 0.3 is 0 Å². The van der Waals surface area contributed by atoms with Crippen LogP contribution in [0.5, 0.6) is 0 Å². The average molecular weight is 401 g/mol. The van der Waals surface area contributed by atoms with Crippen LogP contribution in [0.2, 0.25) is 5.28 Å². The molecule has 3 aromatic rings. The predicted octanol–water partition coefficient (Wildman–Crippen LogP) is 4.30. The van der Waals surface area contributed by atoms with Crippen LogP contribution in [-0.2, 0) is 4.79 Å². The lowest BCUT2D eigenvalue weighted by molar-refractivity contribution is -0.129. The molecule has 0 bridgehead atoms. The highest BCUT2D eigenvalue weighted by atomic mass is 35.5. The molecule has 140 valence electrons. The second kappa shape index (κ2) is 7.09. The Morgan fingerprint density at radius 3 is 2.52 bits per heavy atom. The molecule has 1 aliphatic heterocycles. The highest BCUT2D eigenvalue weighted by molar-refractivity contribution is 7.17. The molecule has 0 spiro atoms. The molecule has 27 heavy (non-hydrogen) atoms. The predicted molar refractivity (Wildman–Crippen MR) is 112 cm³/mol. The summed E-state index contributed by atoms with van der Waals surface area (Å²) in [6, 6.07) is 6.51. The van der Waals surface area contributed by atoms with Gasteiger partial charge in [0, 0.05) is 44.0 Å². The summed E-state index contributed by atoms with van der Waals surface area (Å²) in [7, 11) is 0. The normalized spacial score (nSPS) is 14.8. The second-order valence-electron chi connectivity index (χ2n) is 6.94. The van der Waals surface area contributed by atoms with Crippen LogP contribution >= 0.6 is 22.9 Å². The number of rotatable bonds is 2. The Balaban J connectivity index is 1.80. The van der Waals surface area contributed by atoms with E-state index in [4.69, 9.17) is 11.6 Å². The zero-order chi connectivity index (χ0) is 19.1. The van der Waals surface area contributed by atoms with Crippen LogP contribution in [-0.4, -0.2) is 47.0 Å². The Hall–Kier alpha value is -2.18. The number of aryl methyl sites for hydroxylation is 2. The van der Waals surface area contributed by atoms with Crippen molar-refractivity contribution >= 4 is 44.9 Å². The van der Waals surface area contributed by atoms with Gasteiger partial charge in [-0.1, -0.05) is 18.2 Å². The lowest BCUT2D eigenvalue weighted by atomic mass is 10.0. The Labute approximate surface area is 167 Å². The maximum Gasteiger partial charge on any atom is 0.225 e. The summed E-state index contributed by atoms with van der Waals surface area (Å²) in [6.07, 6.45) is 0. The molecular weight excluding hydrogens is 380 g/mol. The van der Waals surface area contributed by atoms with Crippen LogP contribution in [0.25, 0.3) is 21.3 Å². The number of amides is 1. The van der Waals surface area contributed by atoms with Gasteiger partial charge in [-0.15, -0.1) is 11.3 Å². The number of halogens is 1. The van der Waals surface area contributed by atoms with Crippen LogP contribution in [0.1, 0.15) is 18.1 Å². The zero-order valence-corrected chi connectivity index (χ0v) is 17.2. The molecule has 0 N–H and O–H groups in total. The highest BCUT2D eigenvalue weighted by Crippen LogP contribution is 2.39. The summed E-state index contributed by atoms with van der Waals surface area (Å²) < 4.78 is 0. The fraction of sp³-hybridized carbons (Fsp3) is 0.350. The van der Waals surface area contributed by atoms with Crippen LogP contribution in [0.15, 0.2) is 23.6 Å². The van der Waals surface area contributed by atoms with Crippen molar-refractivity contribution in [1.29, 1.82) is 0 Å². The molecule has 3 heterocycles. The third-order valence-corrected chi connectivity index (χ3v) is 6.27. The van der Waals surface area contributed by atoms with Gasteiger partial charge < -0.3 is 9.80 Å². The molecule has 1 amide bonds. The summed E-state index contributed by atoms with van der Waals surface area (Å²) in [6.45, 7) is 8.74. The summed E-state index contributed by atoms with van der Waals surface area (Å²) >= 11 is 7.81. The Kier molecular flexibility index (Phi) is 4.78. The number of hydrogen-bond acceptors (Lipinski definition) is 5. The van der Waals surface area contributed by atoms with Crippen molar-refractivity contribution in [2.75, 3.05) is 31.1 Å². The van der Waals surface area contributed by atoms with E-state index in [1.165, 1.54) is 16.7 Å². The van der Waals surface area contributed by atoms with E-state index in [-0.39, 0.29) is 11.2 Å². The maximum atomic E-state index is 11.6. The molecule has 1 fully saturated rings. The first-order valence-corrected chi connectivity index (χ1v) is 10.2. The van der Waals surface area contributed by atoms with Crippen molar-refractivity contribution in [3.8, 4) is 11.1 Å². The molecule has 0 saturated carbocycles. The van der Waals surface area contributed by atoms with Crippen molar-refractivity contribution < 1.29 is 4.79 Å². The van der Waals surface area contributed by atoms with E-state index in [1.54, 1.807) is 18.3 Å². The number of benzene rings is 1. The molecule has 1 saturated heterocycles. The van der Waals surface area contributed by atoms with E-state index >= 15 is 0 Å². The fourth-order valence-corrected chi connectivity index (χ4v) is 4.64. The summed E-state index contributed by atoms with van der Waals surface area (Å²) in [5.74, 6) is 0.981. The maximum absolute atomic E-state index is 11.6. The average Bonchev–Trinajstić information content (AvgIpc) is 3.07. The van der Waals surface area contributed by atoms with Crippen molar-refractivity contribution in [3.05, 3.63) is 40.0 Å². The zero-order valence-electron chi connectivity index (χ0n) is 15.6. The summed E-state index contributed by atoms with van der Waals surface area (Å²) in [5, 5.41) is 3.44. The lowest BCUT2D eigenvalue weighted by Crippen LogP contribution is -2.48. The van der Waals surface area contributed by atoms with Gasteiger partial charge in [0.2, 0.25) is 11.2 Å². The van der Waals surface area contributed by atoms with Crippen molar-refractivity contribution in [2.24, 2.45) is 0 Å².